The van der Waals surface area contributed by atoms with Crippen molar-refractivity contribution in [2.75, 3.05) is 0 Å². The fraction of sp³-hybridized carbons (Fsp3) is 0.150. The van der Waals surface area contributed by atoms with Crippen LogP contribution >= 0.6 is 0 Å². The van der Waals surface area contributed by atoms with E-state index in [0.717, 1.165) is 5.69 Å². The van der Waals surface area contributed by atoms with Crippen LogP contribution in [0.1, 0.15) is 12.5 Å². The van der Waals surface area contributed by atoms with Gasteiger partial charge in [0, 0.05) is 6.20 Å². The molecule has 0 aliphatic rings. The normalized spacial score (nSPS) is 11.5. The highest BCUT2D eigenvalue weighted by Gasteiger charge is 2.17. The van der Waals surface area contributed by atoms with Crippen molar-refractivity contribution in [1.82, 2.24) is 20.6 Å². The fourth-order valence-corrected chi connectivity index (χ4v) is 2.42. The molecular formula is C20H19FN4O3. The molecule has 0 aliphatic heterocycles. The zero-order chi connectivity index (χ0) is 19.9. The number of carbonyl (C=O) groups excluding carboxylic acids is 2. The third-order valence-corrected chi connectivity index (χ3v) is 3.86. The summed E-state index contributed by atoms with van der Waals surface area (Å²) in [6, 6.07) is 15.3. The van der Waals surface area contributed by atoms with Crippen LogP contribution in [0.5, 0.6) is 5.75 Å². The Labute approximate surface area is 161 Å². The summed E-state index contributed by atoms with van der Waals surface area (Å²) in [7, 11) is 0. The van der Waals surface area contributed by atoms with Crippen LogP contribution in [-0.4, -0.2) is 27.7 Å². The summed E-state index contributed by atoms with van der Waals surface area (Å²) < 4.78 is 20.5. The fourth-order valence-electron chi connectivity index (χ4n) is 2.42. The molecule has 0 radical (unpaired) electrons. The van der Waals surface area contributed by atoms with E-state index in [1.54, 1.807) is 23.1 Å². The van der Waals surface area contributed by atoms with Crippen molar-refractivity contribution in [3.8, 4) is 11.4 Å². The summed E-state index contributed by atoms with van der Waals surface area (Å²) >= 11 is 0. The van der Waals surface area contributed by atoms with Crippen LogP contribution in [0.15, 0.2) is 67.0 Å². The molecule has 0 spiro atoms. The smallest absolute Gasteiger partial charge is 0.279 e. The Morgan fingerprint density at radius 2 is 1.82 bits per heavy atom. The van der Waals surface area contributed by atoms with Gasteiger partial charge < -0.3 is 4.74 Å². The van der Waals surface area contributed by atoms with E-state index in [1.165, 1.54) is 25.1 Å². The number of rotatable bonds is 6. The number of nitrogens with zero attached hydrogens (tertiary/aromatic N) is 2. The van der Waals surface area contributed by atoms with E-state index in [9.17, 15) is 14.0 Å². The average Bonchev–Trinajstić information content (AvgIpc) is 3.17. The first-order valence-corrected chi connectivity index (χ1v) is 8.62. The van der Waals surface area contributed by atoms with Crippen molar-refractivity contribution in [2.24, 2.45) is 0 Å². The quantitative estimate of drug-likeness (QED) is 0.640. The summed E-state index contributed by atoms with van der Waals surface area (Å²) in [4.78, 5) is 24.0. The monoisotopic (exact) mass is 382 g/mol. The van der Waals surface area contributed by atoms with Crippen molar-refractivity contribution < 1.29 is 18.7 Å². The molecule has 0 saturated carbocycles. The van der Waals surface area contributed by atoms with Gasteiger partial charge in [-0.15, -0.1) is 0 Å². The van der Waals surface area contributed by atoms with Crippen molar-refractivity contribution >= 4 is 11.8 Å². The molecule has 0 fully saturated rings. The minimum absolute atomic E-state index is 0.0372. The van der Waals surface area contributed by atoms with Crippen molar-refractivity contribution in [1.29, 1.82) is 0 Å². The molecule has 1 aromatic heterocycles. The Morgan fingerprint density at radius 1 is 1.11 bits per heavy atom. The maximum Gasteiger partial charge on any atom is 0.279 e. The Morgan fingerprint density at radius 3 is 2.57 bits per heavy atom. The maximum absolute atomic E-state index is 13.6. The van der Waals surface area contributed by atoms with Gasteiger partial charge in [-0.25, -0.2) is 9.07 Å². The lowest BCUT2D eigenvalue weighted by Crippen LogP contribution is -2.47. The second-order valence-electron chi connectivity index (χ2n) is 6.03. The standard InChI is InChI=1S/C20H19FN4O3/c1-14(28-18-10-6-5-9-17(18)21)20(27)24-23-19(26)11-15-12-22-25(13-15)16-7-3-2-4-8-16/h2-10,12-14H,11H2,1H3,(H,23,26)(H,24,27). The molecule has 1 heterocycles. The Kier molecular flexibility index (Phi) is 6.01. The van der Waals surface area contributed by atoms with Crippen LogP contribution in [-0.2, 0) is 16.0 Å². The number of benzene rings is 2. The number of carbonyl (C=O) groups is 2. The van der Waals surface area contributed by atoms with Crippen molar-refractivity contribution in [3.05, 3.63) is 78.4 Å². The summed E-state index contributed by atoms with van der Waals surface area (Å²) in [5, 5.41) is 4.21. The molecule has 0 aliphatic carbocycles. The van der Waals surface area contributed by atoms with Gasteiger partial charge in [0.2, 0.25) is 5.91 Å². The Hall–Kier alpha value is -3.68. The first-order valence-electron chi connectivity index (χ1n) is 8.62. The molecule has 3 aromatic rings. The zero-order valence-electron chi connectivity index (χ0n) is 15.1. The predicted octanol–water partition coefficient (Wildman–Crippen LogP) is 2.17. The van der Waals surface area contributed by atoms with E-state index in [1.807, 2.05) is 30.3 Å². The van der Waals surface area contributed by atoms with Gasteiger partial charge in [-0.3, -0.25) is 20.4 Å². The number of hydrazine groups is 1. The molecule has 2 aromatic carbocycles. The van der Waals surface area contributed by atoms with Crippen molar-refractivity contribution in [2.45, 2.75) is 19.4 Å². The van der Waals surface area contributed by atoms with Crippen LogP contribution in [0, 0.1) is 5.82 Å². The van der Waals surface area contributed by atoms with Crippen molar-refractivity contribution in [3.63, 3.8) is 0 Å². The second-order valence-corrected chi connectivity index (χ2v) is 6.03. The first kappa shape index (κ1) is 19.1. The van der Waals surface area contributed by atoms with Gasteiger partial charge in [-0.1, -0.05) is 30.3 Å². The summed E-state index contributed by atoms with van der Waals surface area (Å²) in [5.41, 5.74) is 6.14. The van der Waals surface area contributed by atoms with Gasteiger partial charge >= 0.3 is 0 Å². The number of hydrogen-bond donors (Lipinski definition) is 2. The highest BCUT2D eigenvalue weighted by molar-refractivity contribution is 5.85. The highest BCUT2D eigenvalue weighted by Crippen LogP contribution is 2.16. The number of halogens is 1. The van der Waals surface area contributed by atoms with Gasteiger partial charge in [0.15, 0.2) is 17.7 Å². The molecule has 28 heavy (non-hydrogen) atoms. The number of ether oxygens (including phenoxy) is 1. The van der Waals surface area contributed by atoms with Crippen LogP contribution < -0.4 is 15.6 Å². The molecule has 2 amide bonds. The van der Waals surface area contributed by atoms with E-state index < -0.39 is 23.7 Å². The van der Waals surface area contributed by atoms with E-state index >= 15 is 0 Å². The summed E-state index contributed by atoms with van der Waals surface area (Å²) in [5.74, 6) is -1.62. The molecule has 8 heteroatoms. The second kappa shape index (κ2) is 8.81. The topological polar surface area (TPSA) is 85.2 Å². The van der Waals surface area contributed by atoms with Crippen LogP contribution in [0.3, 0.4) is 0 Å². The lowest BCUT2D eigenvalue weighted by molar-refractivity contribution is -0.132. The van der Waals surface area contributed by atoms with Gasteiger partial charge in [0.05, 0.1) is 18.3 Å². The first-order chi connectivity index (χ1) is 13.5. The lowest BCUT2D eigenvalue weighted by Gasteiger charge is -2.15. The number of hydrogen-bond acceptors (Lipinski definition) is 4. The largest absolute Gasteiger partial charge is 0.478 e. The third kappa shape index (κ3) is 4.94. The predicted molar refractivity (Wildman–Crippen MR) is 100 cm³/mol. The number of aromatic nitrogens is 2. The van der Waals surface area contributed by atoms with E-state index in [2.05, 4.69) is 16.0 Å². The summed E-state index contributed by atoms with van der Waals surface area (Å²) in [6.07, 6.45) is 2.37. The summed E-state index contributed by atoms with van der Waals surface area (Å²) in [6.45, 7) is 1.46. The van der Waals surface area contributed by atoms with Crippen LogP contribution in [0.4, 0.5) is 4.39 Å². The lowest BCUT2D eigenvalue weighted by atomic mass is 10.2. The van der Waals surface area contributed by atoms with Crippen LogP contribution in [0.25, 0.3) is 5.69 Å². The Bertz CT molecular complexity index is 959. The molecule has 0 bridgehead atoms. The molecule has 7 nitrogen and oxygen atoms in total. The number of para-hydroxylation sites is 2. The number of nitrogens with one attached hydrogen (secondary N) is 2. The molecule has 1 unspecified atom stereocenters. The minimum atomic E-state index is -0.988. The van der Waals surface area contributed by atoms with Gasteiger partial charge in [-0.05, 0) is 36.8 Å². The molecule has 1 atom stereocenters. The zero-order valence-corrected chi connectivity index (χ0v) is 15.1. The van der Waals surface area contributed by atoms with E-state index in [-0.39, 0.29) is 12.2 Å². The van der Waals surface area contributed by atoms with Gasteiger partial charge in [0.25, 0.3) is 5.91 Å². The molecular weight excluding hydrogens is 363 g/mol. The van der Waals surface area contributed by atoms with Gasteiger partial charge in [0.1, 0.15) is 0 Å². The Balaban J connectivity index is 1.48. The van der Waals surface area contributed by atoms with Crippen LogP contribution in [0.2, 0.25) is 0 Å². The van der Waals surface area contributed by atoms with E-state index in [4.69, 9.17) is 4.74 Å². The molecule has 2 N–H and O–H groups in total. The molecule has 0 saturated heterocycles. The highest BCUT2D eigenvalue weighted by atomic mass is 19.1. The molecule has 3 rings (SSSR count). The average molecular weight is 382 g/mol. The molecule has 144 valence electrons. The maximum atomic E-state index is 13.6. The minimum Gasteiger partial charge on any atom is -0.478 e. The van der Waals surface area contributed by atoms with Gasteiger partial charge in [-0.2, -0.15) is 5.10 Å². The van der Waals surface area contributed by atoms with E-state index in [0.29, 0.717) is 5.56 Å². The SMILES string of the molecule is CC(Oc1ccccc1F)C(=O)NNC(=O)Cc1cnn(-c2ccccc2)c1. The third-order valence-electron chi connectivity index (χ3n) is 3.86. The number of amides is 2.